The summed E-state index contributed by atoms with van der Waals surface area (Å²) in [5, 5.41) is 6.70. The van der Waals surface area contributed by atoms with Gasteiger partial charge in [0.15, 0.2) is 11.5 Å². The third-order valence-corrected chi connectivity index (χ3v) is 10.6. The van der Waals surface area contributed by atoms with Crippen LogP contribution in [0.25, 0.3) is 0 Å². The summed E-state index contributed by atoms with van der Waals surface area (Å²) in [6, 6.07) is 5.70. The monoisotopic (exact) mass is 592 g/mol. The lowest BCUT2D eigenvalue weighted by molar-refractivity contribution is -0.159. The highest BCUT2D eigenvalue weighted by atomic mass is 16.5. The lowest BCUT2D eigenvalue weighted by Gasteiger charge is -2.44. The maximum Gasteiger partial charge on any atom is 0.246 e. The number of amides is 4. The summed E-state index contributed by atoms with van der Waals surface area (Å²) in [5.74, 6) is 0.714. The van der Waals surface area contributed by atoms with Gasteiger partial charge in [0, 0.05) is 43.3 Å². The standard InChI is InChI=1S/C33H44N4O6/c1-42-26-11-10-22(18-27(26)43-2)31-24-8-4-5-9-25(24)32(41)37(34-31)23-12-16-35(17-13-23)30(40)21-36-28(38)19-33(20-29(36)39)14-6-3-7-15-33/h10-11,18,23-25H,3-9,12-17,19-21H2,1-2H3/t24-,25+/m0/s1. The number of methoxy groups -OCH3 is 2. The number of hydrogen-bond acceptors (Lipinski definition) is 7. The number of imide groups is 1. The van der Waals surface area contributed by atoms with E-state index in [1.165, 1.54) is 4.90 Å². The van der Waals surface area contributed by atoms with Crippen LogP contribution in [0.4, 0.5) is 0 Å². The Morgan fingerprint density at radius 1 is 0.860 bits per heavy atom. The zero-order valence-corrected chi connectivity index (χ0v) is 25.5. The molecule has 0 radical (unpaired) electrons. The third-order valence-electron chi connectivity index (χ3n) is 10.6. The maximum atomic E-state index is 13.7. The van der Waals surface area contributed by atoms with Gasteiger partial charge < -0.3 is 14.4 Å². The molecule has 2 aliphatic carbocycles. The molecule has 2 saturated carbocycles. The number of likely N-dealkylation sites (tertiary alicyclic amines) is 2. The van der Waals surface area contributed by atoms with Crippen LogP contribution in [0.5, 0.6) is 11.5 Å². The van der Waals surface area contributed by atoms with Gasteiger partial charge in [-0.25, -0.2) is 5.01 Å². The molecular weight excluding hydrogens is 548 g/mol. The molecule has 4 fully saturated rings. The molecule has 3 heterocycles. The largest absolute Gasteiger partial charge is 0.493 e. The number of rotatable bonds is 6. The average molecular weight is 593 g/mol. The second-order valence-electron chi connectivity index (χ2n) is 13.1. The van der Waals surface area contributed by atoms with Gasteiger partial charge in [-0.1, -0.05) is 32.1 Å². The van der Waals surface area contributed by atoms with Crippen LogP contribution in [0, 0.1) is 17.3 Å². The Bertz CT molecular complexity index is 1280. The van der Waals surface area contributed by atoms with Gasteiger partial charge in [0.05, 0.1) is 26.0 Å². The van der Waals surface area contributed by atoms with E-state index in [0.717, 1.165) is 69.1 Å². The Kier molecular flexibility index (Phi) is 8.47. The molecule has 3 aliphatic heterocycles. The van der Waals surface area contributed by atoms with Crippen molar-refractivity contribution in [1.29, 1.82) is 0 Å². The lowest BCUT2D eigenvalue weighted by atomic mass is 9.67. The molecular formula is C33H44N4O6. The number of carbonyl (C=O) groups excluding carboxylic acids is 4. The van der Waals surface area contributed by atoms with E-state index in [4.69, 9.17) is 14.6 Å². The van der Waals surface area contributed by atoms with Crippen LogP contribution in [0.15, 0.2) is 23.3 Å². The Morgan fingerprint density at radius 2 is 1.51 bits per heavy atom. The van der Waals surface area contributed by atoms with Crippen LogP contribution in [-0.2, 0) is 19.2 Å². The van der Waals surface area contributed by atoms with Crippen molar-refractivity contribution in [2.24, 2.45) is 22.4 Å². The zero-order valence-electron chi connectivity index (χ0n) is 25.5. The molecule has 5 aliphatic rings. The van der Waals surface area contributed by atoms with Crippen molar-refractivity contribution in [2.75, 3.05) is 33.9 Å². The van der Waals surface area contributed by atoms with E-state index in [1.807, 2.05) is 18.2 Å². The fourth-order valence-corrected chi connectivity index (χ4v) is 8.15. The normalized spacial score (nSPS) is 26.3. The van der Waals surface area contributed by atoms with E-state index in [1.54, 1.807) is 24.1 Å². The molecule has 0 aromatic heterocycles. The predicted octanol–water partition coefficient (Wildman–Crippen LogP) is 4.15. The van der Waals surface area contributed by atoms with Crippen LogP contribution < -0.4 is 9.47 Å². The Morgan fingerprint density at radius 3 is 2.16 bits per heavy atom. The molecule has 2 saturated heterocycles. The lowest BCUT2D eigenvalue weighted by Crippen LogP contribution is -2.55. The first-order chi connectivity index (χ1) is 20.8. The van der Waals surface area contributed by atoms with E-state index < -0.39 is 0 Å². The third kappa shape index (κ3) is 5.77. The van der Waals surface area contributed by atoms with E-state index in [0.29, 0.717) is 50.3 Å². The number of ether oxygens (including phenoxy) is 2. The van der Waals surface area contributed by atoms with Gasteiger partial charge in [-0.3, -0.25) is 24.1 Å². The van der Waals surface area contributed by atoms with Crippen LogP contribution in [-0.4, -0.2) is 84.0 Å². The summed E-state index contributed by atoms with van der Waals surface area (Å²) in [6.07, 6.45) is 11.0. The molecule has 10 nitrogen and oxygen atoms in total. The Labute approximate surface area is 253 Å². The van der Waals surface area contributed by atoms with Crippen molar-refractivity contribution < 1.29 is 28.7 Å². The summed E-state index contributed by atoms with van der Waals surface area (Å²) < 4.78 is 11.0. The first-order valence-corrected chi connectivity index (χ1v) is 16.1. The number of benzene rings is 1. The molecule has 232 valence electrons. The Balaban J connectivity index is 1.13. The number of nitrogens with zero attached hydrogens (tertiary/aromatic N) is 4. The molecule has 4 amide bonds. The smallest absolute Gasteiger partial charge is 0.246 e. The van der Waals surface area contributed by atoms with Gasteiger partial charge in [-0.15, -0.1) is 0 Å². The topological polar surface area (TPSA) is 109 Å². The number of piperidine rings is 2. The summed E-state index contributed by atoms with van der Waals surface area (Å²) in [5.41, 5.74) is 1.66. The number of hydrogen-bond donors (Lipinski definition) is 0. The van der Waals surface area contributed by atoms with Gasteiger partial charge in [0.25, 0.3) is 0 Å². The summed E-state index contributed by atoms with van der Waals surface area (Å²) in [7, 11) is 3.22. The zero-order chi connectivity index (χ0) is 30.1. The summed E-state index contributed by atoms with van der Waals surface area (Å²) in [4.78, 5) is 55.9. The molecule has 10 heteroatoms. The highest BCUT2D eigenvalue weighted by molar-refractivity contribution is 6.07. The molecule has 43 heavy (non-hydrogen) atoms. The molecule has 0 bridgehead atoms. The van der Waals surface area contributed by atoms with Crippen molar-refractivity contribution in [3.05, 3.63) is 23.8 Å². The number of hydrazone groups is 1. The molecule has 1 spiro atoms. The second kappa shape index (κ2) is 12.3. The highest BCUT2D eigenvalue weighted by Crippen LogP contribution is 2.45. The van der Waals surface area contributed by atoms with Crippen LogP contribution in [0.1, 0.15) is 89.0 Å². The van der Waals surface area contributed by atoms with Crippen molar-refractivity contribution in [3.8, 4) is 11.5 Å². The second-order valence-corrected chi connectivity index (χ2v) is 13.1. The molecule has 1 aromatic carbocycles. The molecule has 1 aromatic rings. The molecule has 6 rings (SSSR count). The first-order valence-electron chi connectivity index (χ1n) is 16.1. The van der Waals surface area contributed by atoms with E-state index in [9.17, 15) is 19.2 Å². The number of fused-ring (bicyclic) bond motifs is 1. The van der Waals surface area contributed by atoms with Gasteiger partial charge in [-0.2, -0.15) is 5.10 Å². The quantitative estimate of drug-likeness (QED) is 0.460. The minimum absolute atomic E-state index is 0.0737. The summed E-state index contributed by atoms with van der Waals surface area (Å²) >= 11 is 0. The Hall–Kier alpha value is -3.43. The van der Waals surface area contributed by atoms with Gasteiger partial charge in [-0.05, 0) is 62.1 Å². The molecule has 2 atom stereocenters. The van der Waals surface area contributed by atoms with Crippen molar-refractivity contribution in [3.63, 3.8) is 0 Å². The van der Waals surface area contributed by atoms with E-state index in [2.05, 4.69) is 0 Å². The van der Waals surface area contributed by atoms with Crippen LogP contribution in [0.3, 0.4) is 0 Å². The maximum absolute atomic E-state index is 13.7. The van der Waals surface area contributed by atoms with Crippen molar-refractivity contribution in [1.82, 2.24) is 14.8 Å². The minimum Gasteiger partial charge on any atom is -0.493 e. The number of carbonyl (C=O) groups is 4. The SMILES string of the molecule is COc1ccc(C2=NN(C3CCN(C(=O)CN4C(=O)CC5(CCCCC5)CC4=O)CC3)C(=O)[C@@H]3CCCC[C@H]23)cc1OC. The van der Waals surface area contributed by atoms with Crippen molar-refractivity contribution in [2.45, 2.75) is 89.5 Å². The minimum atomic E-state index is -0.209. The van der Waals surface area contributed by atoms with E-state index in [-0.39, 0.29) is 53.5 Å². The highest BCUT2D eigenvalue weighted by Gasteiger charge is 2.46. The van der Waals surface area contributed by atoms with Crippen LogP contribution in [0.2, 0.25) is 0 Å². The molecule has 0 unspecified atom stereocenters. The average Bonchev–Trinajstić information content (AvgIpc) is 3.03. The fraction of sp³-hybridized carbons (Fsp3) is 0.667. The van der Waals surface area contributed by atoms with Crippen molar-refractivity contribution >= 4 is 29.3 Å². The van der Waals surface area contributed by atoms with Crippen LogP contribution >= 0.6 is 0 Å². The van der Waals surface area contributed by atoms with Gasteiger partial charge in [0.1, 0.15) is 6.54 Å². The fourth-order valence-electron chi connectivity index (χ4n) is 8.15. The van der Waals surface area contributed by atoms with Gasteiger partial charge >= 0.3 is 0 Å². The first kappa shape index (κ1) is 29.6. The molecule has 0 N–H and O–H groups in total. The summed E-state index contributed by atoms with van der Waals surface area (Å²) in [6.45, 7) is 0.734. The van der Waals surface area contributed by atoms with Gasteiger partial charge in [0.2, 0.25) is 23.6 Å². The van der Waals surface area contributed by atoms with E-state index >= 15 is 0 Å². The predicted molar refractivity (Wildman–Crippen MR) is 159 cm³/mol.